The minimum atomic E-state index is -1.19. The molecule has 0 aliphatic carbocycles. The third-order valence-electron chi connectivity index (χ3n) is 21.3. The number of halogens is 5. The standard InChI is InChI=1S/C21H23F2N5O3S.2C21H24FN5O3S.C20H22FN5O3S/c1-11-5-16-18(7-14(11)22)32-20(25-16)26-21(31)28-4-3-27(9-12(28)2)19-15(23)6-13(8-24-19)17(30)10-29;1-12-3-4-18-16(7-12)24-20(31-18)25-21(30)27-6-5-26(10-13(27)2)19-15(22)8-14(9-23-19)17(29)11-28;1-12-3-4-16-18(7-12)31-20(24-16)25-21(30)27-6-5-26(10-13(27)2)19-15(22)8-14(9-23-19)17(29)11-28;1-12-10-25(18-14(21)8-13(9-22-18)16(28)11-27)6-7-26(12)20(29)24-19-23-15-4-2-3-5-17(15)30-19/h5-8,12,17,29-30H,3-4,9-10H2,1-2H3,(H,25,26,31);2*3-4,7-9,13,17,28-29H,5-6,10-11H2,1-2H3,(H,24,25,30);2-5,8-9,12,16,27-28H,6-7,10-11H2,1H3,(H,23,24,29)/t12-,17+;13-,17-;13-,17+;12-,16+/m0000/s1. The molecule has 0 saturated carbocycles. The molecule has 0 spiro atoms. The summed E-state index contributed by atoms with van der Waals surface area (Å²) in [6.45, 7) is 16.0. The van der Waals surface area contributed by atoms with Crippen LogP contribution in [0.4, 0.5) is 84.9 Å². The predicted octanol–water partition coefficient (Wildman–Crippen LogP) is 11.5. The number of fused-ring (bicyclic) bond motifs is 4. The first-order valence-electron chi connectivity index (χ1n) is 39.7. The van der Waals surface area contributed by atoms with Crippen LogP contribution in [0.5, 0.6) is 0 Å². The van der Waals surface area contributed by atoms with Gasteiger partial charge in [0.1, 0.15) is 30.2 Å². The Labute approximate surface area is 724 Å². The maximum Gasteiger partial charge on any atom is 0.324 e. The number of urea groups is 4. The van der Waals surface area contributed by atoms with E-state index < -0.39 is 74.1 Å². The smallest absolute Gasteiger partial charge is 0.324 e. The van der Waals surface area contributed by atoms with E-state index in [2.05, 4.69) is 61.1 Å². The van der Waals surface area contributed by atoms with Crippen molar-refractivity contribution in [2.75, 3.05) is 146 Å². The quantitative estimate of drug-likeness (QED) is 0.0400. The van der Waals surface area contributed by atoms with Crippen molar-refractivity contribution >= 4 is 154 Å². The van der Waals surface area contributed by atoms with Crippen molar-refractivity contribution in [1.82, 2.24) is 59.5 Å². The van der Waals surface area contributed by atoms with Crippen molar-refractivity contribution in [3.63, 3.8) is 0 Å². The number of nitrogens with zero attached hydrogens (tertiary/aromatic N) is 16. The van der Waals surface area contributed by atoms with Gasteiger partial charge in [0.25, 0.3) is 0 Å². The number of thiazole rings is 4. The fraction of sp³-hybridized carbons (Fsp3) is 0.373. The second-order valence-corrected chi connectivity index (χ2v) is 34.4. The van der Waals surface area contributed by atoms with E-state index in [1.165, 1.54) is 94.4 Å². The van der Waals surface area contributed by atoms with Crippen molar-refractivity contribution in [3.8, 4) is 0 Å². The maximum atomic E-state index is 14.5. The summed E-state index contributed by atoms with van der Waals surface area (Å²) in [5, 5.41) is 88.0. The third-order valence-corrected chi connectivity index (χ3v) is 25.0. The topological polar surface area (TPSA) is 407 Å². The van der Waals surface area contributed by atoms with Gasteiger partial charge in [-0.15, -0.1) is 0 Å². The molecule has 16 rings (SSSR count). The molecule has 4 fully saturated rings. The van der Waals surface area contributed by atoms with Crippen LogP contribution in [0.15, 0.2) is 122 Å². The Morgan fingerprint density at radius 1 is 0.363 bits per heavy atom. The number of anilines is 8. The zero-order chi connectivity index (χ0) is 88.5. The number of aryl methyl sites for hydroxylation is 3. The van der Waals surface area contributed by atoms with Gasteiger partial charge in [-0.3, -0.25) is 21.3 Å². The van der Waals surface area contributed by atoms with Crippen LogP contribution in [0, 0.1) is 49.9 Å². The van der Waals surface area contributed by atoms with Crippen LogP contribution < -0.4 is 40.9 Å². The molecule has 41 heteroatoms. The average Bonchev–Trinajstić information content (AvgIpc) is 1.46. The molecule has 8 amide bonds. The summed E-state index contributed by atoms with van der Waals surface area (Å²) in [6, 6.07) is 25.6. The molecule has 0 unspecified atom stereocenters. The lowest BCUT2D eigenvalue weighted by Crippen LogP contribution is -2.55. The van der Waals surface area contributed by atoms with Gasteiger partial charge in [-0.05, 0) is 138 Å². The minimum absolute atomic E-state index is 0.134. The first-order chi connectivity index (χ1) is 59.4. The highest BCUT2D eigenvalue weighted by molar-refractivity contribution is 7.23. The Balaban J connectivity index is 0.000000142. The lowest BCUT2D eigenvalue weighted by Gasteiger charge is -2.40. The molecular formula is C83H93F5N20O12S4. The second-order valence-electron chi connectivity index (χ2n) is 30.3. The van der Waals surface area contributed by atoms with Crippen molar-refractivity contribution in [1.29, 1.82) is 0 Å². The molecule has 0 radical (unpaired) electrons. The number of aliphatic hydroxyl groups is 8. The highest BCUT2D eigenvalue weighted by Crippen LogP contribution is 2.35. The number of pyridine rings is 4. The molecule has 656 valence electrons. The number of rotatable bonds is 16. The summed E-state index contributed by atoms with van der Waals surface area (Å²) in [4.78, 5) is 99.2. The molecule has 12 aromatic rings. The summed E-state index contributed by atoms with van der Waals surface area (Å²) in [5.41, 5.74) is 6.77. The molecule has 4 aromatic carbocycles. The number of para-hydroxylation sites is 1. The zero-order valence-electron chi connectivity index (χ0n) is 68.4. The van der Waals surface area contributed by atoms with Gasteiger partial charge in [-0.25, -0.2) is 81.0 Å². The third kappa shape index (κ3) is 21.3. The van der Waals surface area contributed by atoms with Crippen LogP contribution in [0.3, 0.4) is 0 Å². The van der Waals surface area contributed by atoms with Crippen LogP contribution in [-0.4, -0.2) is 254 Å². The first kappa shape index (κ1) is 90.4. The minimum Gasteiger partial charge on any atom is -0.393 e. The van der Waals surface area contributed by atoms with Gasteiger partial charge in [-0.1, -0.05) is 69.6 Å². The van der Waals surface area contributed by atoms with E-state index in [0.717, 1.165) is 47.8 Å². The summed E-state index contributed by atoms with van der Waals surface area (Å²) >= 11 is 5.48. The number of hydrogen-bond donors (Lipinski definition) is 12. The van der Waals surface area contributed by atoms with E-state index in [1.807, 2.05) is 102 Å². The van der Waals surface area contributed by atoms with Gasteiger partial charge >= 0.3 is 24.1 Å². The van der Waals surface area contributed by atoms with Crippen molar-refractivity contribution in [2.24, 2.45) is 0 Å². The number of amides is 8. The summed E-state index contributed by atoms with van der Waals surface area (Å²) in [5.74, 6) is -1.99. The molecule has 32 nitrogen and oxygen atoms in total. The van der Waals surface area contributed by atoms with E-state index in [9.17, 15) is 61.6 Å². The maximum absolute atomic E-state index is 14.5. The molecule has 8 atom stereocenters. The average molecular weight is 1790 g/mol. The molecule has 4 aliphatic heterocycles. The molecule has 12 N–H and O–H groups in total. The van der Waals surface area contributed by atoms with Gasteiger partial charge in [0.2, 0.25) is 0 Å². The van der Waals surface area contributed by atoms with Crippen LogP contribution in [0.2, 0.25) is 0 Å². The van der Waals surface area contributed by atoms with Crippen LogP contribution >= 0.6 is 45.3 Å². The molecule has 12 heterocycles. The van der Waals surface area contributed by atoms with Gasteiger partial charge in [0.05, 0.1) is 67.3 Å². The Kier molecular flexibility index (Phi) is 29.2. The van der Waals surface area contributed by atoms with Gasteiger partial charge < -0.3 is 80.1 Å². The number of carbonyl (C=O) groups excluding carboxylic acids is 4. The van der Waals surface area contributed by atoms with E-state index >= 15 is 0 Å². The molecule has 4 saturated heterocycles. The molecule has 124 heavy (non-hydrogen) atoms. The number of hydrogen-bond acceptors (Lipinski definition) is 28. The zero-order valence-corrected chi connectivity index (χ0v) is 71.6. The van der Waals surface area contributed by atoms with Crippen LogP contribution in [-0.2, 0) is 0 Å². The number of benzene rings is 4. The Morgan fingerprint density at radius 3 is 0.984 bits per heavy atom. The second kappa shape index (κ2) is 40.1. The lowest BCUT2D eigenvalue weighted by molar-refractivity contribution is 0.0950. The number of aromatic nitrogens is 8. The number of aliphatic hydroxyl groups excluding tert-OH is 8. The Bertz CT molecular complexity index is 5580. The van der Waals surface area contributed by atoms with Crippen molar-refractivity contribution in [2.45, 2.75) is 97.0 Å². The van der Waals surface area contributed by atoms with E-state index in [0.29, 0.717) is 115 Å². The van der Waals surface area contributed by atoms with Crippen molar-refractivity contribution < 1.29 is 82.0 Å². The van der Waals surface area contributed by atoms with E-state index in [-0.39, 0.29) is 99.6 Å². The Hall–Kier alpha value is -11.4. The fourth-order valence-electron chi connectivity index (χ4n) is 14.5. The number of nitrogens with one attached hydrogen (secondary N) is 4. The molecule has 4 aliphatic rings. The molecular weight excluding hydrogens is 1690 g/mol. The number of carbonyl (C=O) groups is 4. The first-order valence-corrected chi connectivity index (χ1v) is 42.9. The number of piperazine rings is 4. The monoisotopic (exact) mass is 1780 g/mol. The fourth-order valence-corrected chi connectivity index (χ4v) is 18.0. The van der Waals surface area contributed by atoms with E-state index in [1.54, 1.807) is 52.2 Å². The van der Waals surface area contributed by atoms with E-state index in [4.69, 9.17) is 20.4 Å². The lowest BCUT2D eigenvalue weighted by atomic mass is 10.1. The highest BCUT2D eigenvalue weighted by Gasteiger charge is 2.36. The van der Waals surface area contributed by atoms with Crippen molar-refractivity contribution in [3.05, 3.63) is 190 Å². The largest absolute Gasteiger partial charge is 0.393 e. The highest BCUT2D eigenvalue weighted by atomic mass is 32.1. The SMILES string of the molecule is C[C@H]1CN(c2ncc([C@H](O)CO)cc2F)CCN1C(=O)Nc1nc2ccccc2s1.Cc1cc2nc(NC(=O)N3CCN(c4ncc([C@H](O)CO)cc4F)C[C@@H]3C)sc2cc1F.Cc1ccc2nc(NC(=O)N3CCN(c4ncc([C@H](O)CO)cc4F)C[C@@H]3C)sc2c1.Cc1ccc2sc(NC(=O)N3CCN(c4ncc([C@@H](O)CO)cc4F)C[C@@H]3C)nc2c1. The summed E-state index contributed by atoms with van der Waals surface area (Å²) in [7, 11) is 0. The van der Waals surface area contributed by atoms with Gasteiger partial charge in [0.15, 0.2) is 67.1 Å². The predicted molar refractivity (Wildman–Crippen MR) is 467 cm³/mol. The van der Waals surface area contributed by atoms with Crippen LogP contribution in [0.25, 0.3) is 40.9 Å². The van der Waals surface area contributed by atoms with Gasteiger partial charge in [-0.2, -0.15) is 0 Å². The summed E-state index contributed by atoms with van der Waals surface area (Å²) < 4.78 is 75.6. The van der Waals surface area contributed by atoms with Crippen LogP contribution in [0.1, 0.15) is 91.1 Å². The Morgan fingerprint density at radius 2 is 0.653 bits per heavy atom. The molecule has 0 bridgehead atoms. The molecule has 8 aromatic heterocycles. The normalized spacial score (nSPS) is 17.8. The summed E-state index contributed by atoms with van der Waals surface area (Å²) in [6.07, 6.45) is 0.729. The van der Waals surface area contributed by atoms with Gasteiger partial charge in [0, 0.05) is 150 Å².